The van der Waals surface area contributed by atoms with Gasteiger partial charge in [0.15, 0.2) is 0 Å². The van der Waals surface area contributed by atoms with Crippen LogP contribution in [0, 0.1) is 10.1 Å². The minimum absolute atomic E-state index is 0.0252. The summed E-state index contributed by atoms with van der Waals surface area (Å²) in [5.41, 5.74) is 4.38. The van der Waals surface area contributed by atoms with Crippen LogP contribution in [-0.4, -0.2) is 48.0 Å². The summed E-state index contributed by atoms with van der Waals surface area (Å²) < 4.78 is 26.0. The number of carbonyl (C=O) groups excluding carboxylic acids is 2. The van der Waals surface area contributed by atoms with Crippen molar-refractivity contribution >= 4 is 27.5 Å². The van der Waals surface area contributed by atoms with Gasteiger partial charge in [-0.2, -0.15) is 0 Å². The second kappa shape index (κ2) is 9.71. The molecule has 0 radical (unpaired) electrons. The maximum Gasteiger partial charge on any atom is 0.288 e. The maximum atomic E-state index is 12.5. The van der Waals surface area contributed by atoms with Crippen LogP contribution in [0.3, 0.4) is 0 Å². The number of hydrazine groups is 1. The van der Waals surface area contributed by atoms with Crippen molar-refractivity contribution in [3.8, 4) is 0 Å². The van der Waals surface area contributed by atoms with E-state index in [0.717, 1.165) is 28.6 Å². The van der Waals surface area contributed by atoms with E-state index >= 15 is 0 Å². The summed E-state index contributed by atoms with van der Waals surface area (Å²) >= 11 is 0. The summed E-state index contributed by atoms with van der Waals surface area (Å²) in [5, 5.41) is 10.7. The molecule has 0 spiro atoms. The molecule has 0 bridgehead atoms. The smallest absolute Gasteiger partial charge is 0.273 e. The molecule has 11 nitrogen and oxygen atoms in total. The summed E-state index contributed by atoms with van der Waals surface area (Å²) in [6, 6.07) is 9.30. The molecule has 0 aliphatic heterocycles. The van der Waals surface area contributed by atoms with Gasteiger partial charge in [-0.05, 0) is 30.7 Å². The molecule has 0 aliphatic carbocycles. The number of nitrogens with zero attached hydrogens (tertiary/aromatic N) is 3. The van der Waals surface area contributed by atoms with Crippen molar-refractivity contribution in [1.82, 2.24) is 20.1 Å². The number of carbonyl (C=O) groups is 2. The second-order valence-corrected chi connectivity index (χ2v) is 7.94. The van der Waals surface area contributed by atoms with Crippen LogP contribution in [0.1, 0.15) is 23.3 Å². The lowest BCUT2D eigenvalue weighted by atomic mass is 10.3. The Balaban J connectivity index is 1.80. The topological polar surface area (TPSA) is 152 Å². The first-order valence-electron chi connectivity index (χ1n) is 8.43. The van der Waals surface area contributed by atoms with E-state index in [2.05, 4.69) is 15.8 Å². The lowest BCUT2D eigenvalue weighted by Crippen LogP contribution is -2.42. The number of sulfonamides is 1. The molecule has 0 fully saturated rings. The zero-order valence-electron chi connectivity index (χ0n) is 15.4. The molecular formula is C17H19N5O6S. The monoisotopic (exact) mass is 421 g/mol. The van der Waals surface area contributed by atoms with Gasteiger partial charge in [0.25, 0.3) is 11.6 Å². The van der Waals surface area contributed by atoms with E-state index < -0.39 is 26.8 Å². The Bertz CT molecular complexity index is 979. The Kier molecular flexibility index (Phi) is 7.33. The van der Waals surface area contributed by atoms with E-state index in [1.165, 1.54) is 19.3 Å². The molecule has 1 aromatic heterocycles. The predicted octanol–water partition coefficient (Wildman–Crippen LogP) is 0.852. The van der Waals surface area contributed by atoms with Crippen LogP contribution in [-0.2, 0) is 14.8 Å². The van der Waals surface area contributed by atoms with E-state index in [0.29, 0.717) is 0 Å². The van der Waals surface area contributed by atoms with Crippen molar-refractivity contribution < 1.29 is 22.9 Å². The standard InChI is InChI=1S/C17H19N5O6S/c1-21(29(27,28)14-9-7-13(8-10-14)22(25)26)12-4-6-16(23)19-20-17(24)15-5-2-3-11-18-15/h2-3,5,7-11H,4,6,12H2,1H3,(H,19,23)(H,20,24). The van der Waals surface area contributed by atoms with E-state index in [1.54, 1.807) is 12.1 Å². The summed E-state index contributed by atoms with van der Waals surface area (Å²) in [4.78, 5) is 37.4. The molecule has 0 saturated heterocycles. The molecule has 2 N–H and O–H groups in total. The molecule has 154 valence electrons. The Morgan fingerprint density at radius 3 is 2.41 bits per heavy atom. The number of rotatable bonds is 8. The summed E-state index contributed by atoms with van der Waals surface area (Å²) in [6.45, 7) is 0.0426. The Morgan fingerprint density at radius 2 is 1.83 bits per heavy atom. The van der Waals surface area contributed by atoms with Gasteiger partial charge in [0.05, 0.1) is 9.82 Å². The first-order valence-corrected chi connectivity index (χ1v) is 9.87. The Labute approximate surface area is 166 Å². The quantitative estimate of drug-likeness (QED) is 0.473. The van der Waals surface area contributed by atoms with E-state index in [9.17, 15) is 28.1 Å². The van der Waals surface area contributed by atoms with Crippen molar-refractivity contribution in [1.29, 1.82) is 0 Å². The molecule has 0 atom stereocenters. The van der Waals surface area contributed by atoms with Gasteiger partial charge in [0.1, 0.15) is 5.69 Å². The number of hydrogen-bond donors (Lipinski definition) is 2. The first kappa shape index (κ1) is 21.9. The molecule has 29 heavy (non-hydrogen) atoms. The molecule has 2 amide bonds. The first-order chi connectivity index (χ1) is 13.7. The number of nitro benzene ring substituents is 1. The summed E-state index contributed by atoms with van der Waals surface area (Å²) in [7, 11) is -2.50. The second-order valence-electron chi connectivity index (χ2n) is 5.90. The molecule has 2 rings (SSSR count). The molecule has 12 heteroatoms. The van der Waals surface area contributed by atoms with Crippen LogP contribution in [0.4, 0.5) is 5.69 Å². The Morgan fingerprint density at radius 1 is 1.14 bits per heavy atom. The van der Waals surface area contributed by atoms with Gasteiger partial charge < -0.3 is 0 Å². The fourth-order valence-corrected chi connectivity index (χ4v) is 3.46. The van der Waals surface area contributed by atoms with Crippen molar-refractivity contribution in [3.63, 3.8) is 0 Å². The number of hydrogen-bond acceptors (Lipinski definition) is 7. The number of nitrogens with one attached hydrogen (secondary N) is 2. The third kappa shape index (κ3) is 6.05. The van der Waals surface area contributed by atoms with Crippen LogP contribution in [0.2, 0.25) is 0 Å². The van der Waals surface area contributed by atoms with E-state index in [4.69, 9.17) is 0 Å². The molecule has 0 saturated carbocycles. The molecule has 1 heterocycles. The zero-order chi connectivity index (χ0) is 21.4. The average Bonchev–Trinajstić information content (AvgIpc) is 2.72. The SMILES string of the molecule is CN(CCCC(=O)NNC(=O)c1ccccn1)S(=O)(=O)c1ccc([N+](=O)[O-])cc1. The fraction of sp³-hybridized carbons (Fsp3) is 0.235. The zero-order valence-corrected chi connectivity index (χ0v) is 16.3. The molecule has 2 aromatic rings. The highest BCUT2D eigenvalue weighted by Crippen LogP contribution is 2.19. The highest BCUT2D eigenvalue weighted by atomic mass is 32.2. The number of benzene rings is 1. The highest BCUT2D eigenvalue weighted by Gasteiger charge is 2.21. The van der Waals surface area contributed by atoms with Gasteiger partial charge >= 0.3 is 0 Å². The highest BCUT2D eigenvalue weighted by molar-refractivity contribution is 7.89. The lowest BCUT2D eigenvalue weighted by molar-refractivity contribution is -0.384. The van der Waals surface area contributed by atoms with Crippen molar-refractivity contribution in [2.45, 2.75) is 17.7 Å². The van der Waals surface area contributed by atoms with Crippen LogP contribution in [0.25, 0.3) is 0 Å². The van der Waals surface area contributed by atoms with Crippen molar-refractivity contribution in [2.75, 3.05) is 13.6 Å². The van der Waals surface area contributed by atoms with Crippen molar-refractivity contribution in [3.05, 3.63) is 64.5 Å². The largest absolute Gasteiger partial charge is 0.288 e. The van der Waals surface area contributed by atoms with E-state index in [-0.39, 0.29) is 35.7 Å². The number of amides is 2. The van der Waals surface area contributed by atoms with Crippen LogP contribution in [0.15, 0.2) is 53.6 Å². The fourth-order valence-electron chi connectivity index (χ4n) is 2.25. The minimum Gasteiger partial charge on any atom is -0.273 e. The van der Waals surface area contributed by atoms with Gasteiger partial charge in [-0.15, -0.1) is 0 Å². The van der Waals surface area contributed by atoms with Gasteiger partial charge in [-0.1, -0.05) is 6.07 Å². The third-order valence-electron chi connectivity index (χ3n) is 3.85. The average molecular weight is 421 g/mol. The lowest BCUT2D eigenvalue weighted by Gasteiger charge is -2.17. The number of non-ortho nitro benzene ring substituents is 1. The molecular weight excluding hydrogens is 402 g/mol. The van der Waals surface area contributed by atoms with Gasteiger partial charge in [-0.25, -0.2) is 12.7 Å². The van der Waals surface area contributed by atoms with Crippen LogP contribution in [0.5, 0.6) is 0 Å². The van der Waals surface area contributed by atoms with Crippen molar-refractivity contribution in [2.24, 2.45) is 0 Å². The van der Waals surface area contributed by atoms with Crippen LogP contribution >= 0.6 is 0 Å². The molecule has 1 aromatic carbocycles. The maximum absolute atomic E-state index is 12.5. The summed E-state index contributed by atoms with van der Waals surface area (Å²) in [6.07, 6.45) is 1.62. The normalized spacial score (nSPS) is 11.1. The molecule has 0 aliphatic rings. The van der Waals surface area contributed by atoms with E-state index in [1.807, 2.05) is 0 Å². The number of aromatic nitrogens is 1. The van der Waals surface area contributed by atoms with Gasteiger partial charge in [0, 0.05) is 38.3 Å². The number of nitro groups is 1. The molecule has 0 unspecified atom stereocenters. The summed E-state index contributed by atoms with van der Waals surface area (Å²) in [5.74, 6) is -1.06. The number of pyridine rings is 1. The van der Waals surface area contributed by atoms with Crippen LogP contribution < -0.4 is 10.9 Å². The van der Waals surface area contributed by atoms with Gasteiger partial charge in [0.2, 0.25) is 15.9 Å². The Hall–Kier alpha value is -3.38. The predicted molar refractivity (Wildman–Crippen MR) is 102 cm³/mol. The minimum atomic E-state index is -3.84. The van der Waals surface area contributed by atoms with Gasteiger partial charge in [-0.3, -0.25) is 35.5 Å². The third-order valence-corrected chi connectivity index (χ3v) is 5.72.